The molecule has 28 heavy (non-hydrogen) atoms. The van der Waals surface area contributed by atoms with Gasteiger partial charge in [-0.25, -0.2) is 0 Å². The number of ether oxygens (including phenoxy) is 1. The minimum absolute atomic E-state index is 0.103. The number of thiol groups is 1. The van der Waals surface area contributed by atoms with Crippen LogP contribution in [0.5, 0.6) is 5.75 Å². The number of rotatable bonds is 5. The van der Waals surface area contributed by atoms with E-state index in [-0.39, 0.29) is 4.87 Å². The van der Waals surface area contributed by atoms with Gasteiger partial charge in [-0.3, -0.25) is 9.36 Å². The van der Waals surface area contributed by atoms with Crippen molar-refractivity contribution in [2.45, 2.75) is 11.9 Å². The lowest BCUT2D eigenvalue weighted by atomic mass is 10.0. The predicted molar refractivity (Wildman–Crippen MR) is 118 cm³/mol. The average Bonchev–Trinajstić information content (AvgIpc) is 3.28. The fourth-order valence-corrected chi connectivity index (χ4v) is 4.22. The Balaban J connectivity index is 1.70. The summed E-state index contributed by atoms with van der Waals surface area (Å²) in [5, 5.41) is 8.85. The average molecular weight is 408 g/mol. The van der Waals surface area contributed by atoms with Crippen molar-refractivity contribution in [3.8, 4) is 11.4 Å². The van der Waals surface area contributed by atoms with E-state index in [1.165, 1.54) is 0 Å². The molecule has 2 aromatic carbocycles. The summed E-state index contributed by atoms with van der Waals surface area (Å²) in [5.74, 6) is 0.767. The molecule has 0 saturated heterocycles. The summed E-state index contributed by atoms with van der Waals surface area (Å²) in [5.41, 5.74) is 3.35. The van der Waals surface area contributed by atoms with Crippen molar-refractivity contribution >= 4 is 42.0 Å². The highest BCUT2D eigenvalue weighted by atomic mass is 32.1. The molecule has 0 N–H and O–H groups in total. The van der Waals surface area contributed by atoms with E-state index >= 15 is 0 Å². The number of benzene rings is 2. The van der Waals surface area contributed by atoms with Gasteiger partial charge in [0.25, 0.3) is 0 Å². The summed E-state index contributed by atoms with van der Waals surface area (Å²) < 4.78 is 7.05. The van der Waals surface area contributed by atoms with Crippen LogP contribution >= 0.6 is 24.0 Å². The molecule has 0 amide bonds. The van der Waals surface area contributed by atoms with Crippen molar-refractivity contribution in [2.75, 3.05) is 6.61 Å². The van der Waals surface area contributed by atoms with Crippen molar-refractivity contribution in [2.24, 2.45) is 10.2 Å². The van der Waals surface area contributed by atoms with Crippen molar-refractivity contribution in [3.63, 3.8) is 0 Å². The lowest BCUT2D eigenvalue weighted by Crippen LogP contribution is -2.10. The Hall–Kier alpha value is -2.90. The normalized spacial score (nSPS) is 14.5. The molecule has 0 unspecified atom stereocenters. The Morgan fingerprint density at radius 1 is 1.14 bits per heavy atom. The van der Waals surface area contributed by atoms with Crippen molar-refractivity contribution in [3.05, 3.63) is 80.3 Å². The molecule has 0 fully saturated rings. The van der Waals surface area contributed by atoms with E-state index in [1.807, 2.05) is 67.6 Å². The highest BCUT2D eigenvalue weighted by Gasteiger charge is 2.17. The molecule has 5 nitrogen and oxygen atoms in total. The second-order valence-corrected chi connectivity index (χ2v) is 7.39. The van der Waals surface area contributed by atoms with Gasteiger partial charge < -0.3 is 4.74 Å². The standard InChI is InChI=1S/C21H17N3O2S2/c1-2-26-17-10-8-16(9-11-17)24-20(27)18(28-21(24)25)12-15-13-22-23-19(15)14-6-4-3-5-7-14/h3-13,27H,2H2,1H3/b15-12+. The quantitative estimate of drug-likeness (QED) is 0.635. The van der Waals surface area contributed by atoms with Gasteiger partial charge in [-0.15, -0.1) is 17.7 Å². The molecule has 1 aliphatic heterocycles. The maximum Gasteiger partial charge on any atom is 0.313 e. The Labute approximate surface area is 171 Å². The molecule has 140 valence electrons. The van der Waals surface area contributed by atoms with Crippen LogP contribution in [0.15, 0.2) is 80.2 Å². The van der Waals surface area contributed by atoms with Crippen LogP contribution in [-0.2, 0) is 0 Å². The van der Waals surface area contributed by atoms with Crippen LogP contribution in [0, 0.1) is 0 Å². The number of allylic oxidation sites excluding steroid dienone is 1. The molecule has 7 heteroatoms. The molecule has 3 aromatic rings. The molecule has 0 spiro atoms. The first kappa shape index (κ1) is 18.5. The van der Waals surface area contributed by atoms with Crippen molar-refractivity contribution in [1.82, 2.24) is 4.57 Å². The van der Waals surface area contributed by atoms with Crippen molar-refractivity contribution < 1.29 is 4.74 Å². The van der Waals surface area contributed by atoms with Crippen LogP contribution in [0.2, 0.25) is 0 Å². The van der Waals surface area contributed by atoms with Gasteiger partial charge in [0.05, 0.1) is 28.4 Å². The molecule has 1 aromatic heterocycles. The van der Waals surface area contributed by atoms with E-state index in [9.17, 15) is 4.79 Å². The zero-order valence-corrected chi connectivity index (χ0v) is 16.8. The zero-order valence-electron chi connectivity index (χ0n) is 15.1. The van der Waals surface area contributed by atoms with Crippen molar-refractivity contribution in [1.29, 1.82) is 0 Å². The number of aromatic nitrogens is 1. The van der Waals surface area contributed by atoms with Gasteiger partial charge in [-0.05, 0) is 37.3 Å². The molecule has 4 rings (SSSR count). The van der Waals surface area contributed by atoms with Crippen LogP contribution in [-0.4, -0.2) is 23.1 Å². The summed E-state index contributed by atoms with van der Waals surface area (Å²) in [4.78, 5) is 13.3. The summed E-state index contributed by atoms with van der Waals surface area (Å²) in [6.45, 7) is 2.53. The third-order valence-corrected chi connectivity index (χ3v) is 5.66. The van der Waals surface area contributed by atoms with Crippen LogP contribution in [0.25, 0.3) is 11.8 Å². The number of thiazole rings is 1. The SMILES string of the molecule is CCOc1ccc(-n2c(S)c(/C=C3\C=NN=C3c3ccccc3)sc2=O)cc1. The van der Waals surface area contributed by atoms with Gasteiger partial charge in [0.15, 0.2) is 0 Å². The fraction of sp³-hybridized carbons (Fsp3) is 0.0952. The van der Waals surface area contributed by atoms with Crippen LogP contribution in [0.3, 0.4) is 0 Å². The Kier molecular flexibility index (Phi) is 5.27. The van der Waals surface area contributed by atoms with E-state index in [2.05, 4.69) is 22.8 Å². The third kappa shape index (κ3) is 3.58. The maximum absolute atomic E-state index is 12.6. The zero-order chi connectivity index (χ0) is 19.5. The fourth-order valence-electron chi connectivity index (χ4n) is 2.90. The van der Waals surface area contributed by atoms with E-state index in [1.54, 1.807) is 10.8 Å². The number of hydrogen-bond acceptors (Lipinski definition) is 6. The molecule has 2 heterocycles. The molecule has 1 aliphatic rings. The first-order valence-corrected chi connectivity index (χ1v) is 10.0. The third-order valence-electron chi connectivity index (χ3n) is 4.18. The summed E-state index contributed by atoms with van der Waals surface area (Å²) in [6, 6.07) is 17.2. The van der Waals surface area contributed by atoms with E-state index in [4.69, 9.17) is 4.74 Å². The highest BCUT2D eigenvalue weighted by Crippen LogP contribution is 2.26. The summed E-state index contributed by atoms with van der Waals surface area (Å²) in [7, 11) is 0. The summed E-state index contributed by atoms with van der Waals surface area (Å²) >= 11 is 5.75. The Bertz CT molecular complexity index is 1140. The molecule has 0 aliphatic carbocycles. The highest BCUT2D eigenvalue weighted by molar-refractivity contribution is 7.80. The van der Waals surface area contributed by atoms with Crippen LogP contribution in [0.4, 0.5) is 0 Å². The number of hydrogen-bond donors (Lipinski definition) is 1. The minimum Gasteiger partial charge on any atom is -0.494 e. The molecule has 0 bridgehead atoms. The van der Waals surface area contributed by atoms with Gasteiger partial charge >= 0.3 is 4.87 Å². The Morgan fingerprint density at radius 3 is 2.61 bits per heavy atom. The lowest BCUT2D eigenvalue weighted by molar-refractivity contribution is 0.340. The second-order valence-electron chi connectivity index (χ2n) is 5.98. The van der Waals surface area contributed by atoms with E-state index < -0.39 is 0 Å². The molecule has 0 atom stereocenters. The van der Waals surface area contributed by atoms with Crippen LogP contribution in [0.1, 0.15) is 17.4 Å². The van der Waals surface area contributed by atoms with Gasteiger partial charge in [0.1, 0.15) is 11.5 Å². The largest absolute Gasteiger partial charge is 0.494 e. The molecular formula is C21H17N3O2S2. The smallest absolute Gasteiger partial charge is 0.313 e. The van der Waals surface area contributed by atoms with Gasteiger partial charge in [0, 0.05) is 11.1 Å². The van der Waals surface area contributed by atoms with Gasteiger partial charge in [-0.1, -0.05) is 41.7 Å². The first-order chi connectivity index (χ1) is 13.7. The lowest BCUT2D eigenvalue weighted by Gasteiger charge is -2.07. The first-order valence-electron chi connectivity index (χ1n) is 8.74. The number of nitrogens with zero attached hydrogens (tertiary/aromatic N) is 3. The van der Waals surface area contributed by atoms with Crippen LogP contribution < -0.4 is 9.61 Å². The topological polar surface area (TPSA) is 55.9 Å². The molecule has 0 saturated carbocycles. The molecular weight excluding hydrogens is 390 g/mol. The van der Waals surface area contributed by atoms with Gasteiger partial charge in [-0.2, -0.15) is 5.10 Å². The van der Waals surface area contributed by atoms with E-state index in [0.717, 1.165) is 44.5 Å². The maximum atomic E-state index is 12.6. The monoisotopic (exact) mass is 407 g/mol. The second kappa shape index (κ2) is 8.00. The minimum atomic E-state index is -0.103. The Morgan fingerprint density at radius 2 is 1.89 bits per heavy atom. The van der Waals surface area contributed by atoms with Gasteiger partial charge in [0.2, 0.25) is 0 Å². The molecule has 0 radical (unpaired) electrons. The van der Waals surface area contributed by atoms with E-state index in [0.29, 0.717) is 11.6 Å². The predicted octanol–water partition coefficient (Wildman–Crippen LogP) is 4.46. The summed E-state index contributed by atoms with van der Waals surface area (Å²) in [6.07, 6.45) is 3.60.